The average molecular weight is 700 g/mol. The van der Waals surface area contributed by atoms with E-state index in [1.807, 2.05) is 12.1 Å². The Morgan fingerprint density at radius 3 is 1.24 bits per heavy atom. The van der Waals surface area contributed by atoms with Crippen molar-refractivity contribution in [1.82, 2.24) is 0 Å². The second-order valence-corrected chi connectivity index (χ2v) is 20.9. The molecule has 0 radical (unpaired) electrons. The molecule has 0 amide bonds. The van der Waals surface area contributed by atoms with E-state index in [-0.39, 0.29) is 21.7 Å². The minimum atomic E-state index is -1.66. The van der Waals surface area contributed by atoms with Gasteiger partial charge in [-0.05, 0) is 136 Å². The maximum Gasteiger partial charge on any atom is 0.197 e. The zero-order chi connectivity index (χ0) is 35.3. The molecule has 2 aliphatic rings. The first kappa shape index (κ1) is 33.9. The third-order valence-electron chi connectivity index (χ3n) is 11.0. The van der Waals surface area contributed by atoms with E-state index in [0.29, 0.717) is 0 Å². The van der Waals surface area contributed by atoms with E-state index in [1.54, 1.807) is 0 Å². The first-order chi connectivity index (χ1) is 22.9. The summed E-state index contributed by atoms with van der Waals surface area (Å²) in [5.74, 6) is 0. The molecule has 0 N–H and O–H groups in total. The molecule has 5 heteroatoms. The monoisotopic (exact) mass is 699 g/mol. The fraction of sp³-hybridized carbons (Fsp3) is 0.318. The van der Waals surface area contributed by atoms with Gasteiger partial charge in [0.2, 0.25) is 0 Å². The van der Waals surface area contributed by atoms with E-state index >= 15 is 0 Å². The van der Waals surface area contributed by atoms with Crippen LogP contribution in [0.3, 0.4) is 0 Å². The molecule has 49 heavy (non-hydrogen) atoms. The van der Waals surface area contributed by atoms with E-state index in [1.165, 1.54) is 55.6 Å². The maximum absolute atomic E-state index is 12.6. The van der Waals surface area contributed by atoms with E-state index in [9.17, 15) is 4.57 Å². The summed E-state index contributed by atoms with van der Waals surface area (Å²) in [7, 11) is 0.983. The molecule has 7 rings (SSSR count). The van der Waals surface area contributed by atoms with Crippen molar-refractivity contribution in [3.8, 4) is 22.3 Å². The minimum absolute atomic E-state index is 0.0808. The Labute approximate surface area is 301 Å². The summed E-state index contributed by atoms with van der Waals surface area (Å²) >= 11 is 5.07. The van der Waals surface area contributed by atoms with Gasteiger partial charge >= 0.3 is 0 Å². The van der Waals surface area contributed by atoms with Crippen LogP contribution >= 0.6 is 6.58 Å². The molecular weight excluding hydrogens is 654 g/mol. The number of rotatable bonds is 4. The number of fused-ring (bicyclic) bond motifs is 6. The molecule has 0 aliphatic heterocycles. The Hall–Kier alpha value is -3.56. The lowest BCUT2D eigenvalue weighted by Gasteiger charge is -2.30. The molecule has 1 unspecified atom stereocenters. The van der Waals surface area contributed by atoms with Crippen LogP contribution in [0, 0.1) is 0 Å². The third-order valence-corrected chi connectivity index (χ3v) is 14.1. The van der Waals surface area contributed by atoms with Crippen LogP contribution in [0.15, 0.2) is 97.1 Å². The van der Waals surface area contributed by atoms with E-state index in [4.69, 9.17) is 11.2 Å². The van der Waals surface area contributed by atoms with Crippen LogP contribution in [0.1, 0.15) is 103 Å². The molecule has 2 nitrogen and oxygen atoms in total. The molecule has 0 aromatic heterocycles. The fourth-order valence-corrected chi connectivity index (χ4v) is 9.75. The summed E-state index contributed by atoms with van der Waals surface area (Å²) in [4.78, 5) is 2.36. The van der Waals surface area contributed by atoms with Crippen LogP contribution < -0.4 is 10.2 Å². The fourth-order valence-electron chi connectivity index (χ4n) is 7.88. The number of nitrogens with zero attached hydrogens (tertiary/aromatic N) is 1. The van der Waals surface area contributed by atoms with Crippen molar-refractivity contribution in [1.29, 1.82) is 0 Å². The Balaban J connectivity index is 1.39. The van der Waals surface area contributed by atoms with Crippen LogP contribution in [-0.2, 0) is 46.9 Å². The molecule has 2 aliphatic carbocycles. The molecule has 0 saturated heterocycles. The lowest BCUT2D eigenvalue weighted by atomic mass is 9.79. The van der Waals surface area contributed by atoms with Gasteiger partial charge in [-0.3, -0.25) is 4.57 Å². The van der Waals surface area contributed by atoms with Crippen LogP contribution in [0.2, 0.25) is 0 Å². The van der Waals surface area contributed by atoms with Gasteiger partial charge in [-0.2, -0.15) is 0 Å². The Bertz CT molecular complexity index is 2150. The molecule has 0 fully saturated rings. The van der Waals surface area contributed by atoms with E-state index in [2.05, 4.69) is 159 Å². The predicted octanol–water partition coefficient (Wildman–Crippen LogP) is 12.3. The number of benzene rings is 5. The molecule has 0 bridgehead atoms. The summed E-state index contributed by atoms with van der Waals surface area (Å²) in [6, 6.07) is 36.1. The summed E-state index contributed by atoms with van der Waals surface area (Å²) in [6.45, 7) is 21.5. The zero-order valence-corrected chi connectivity index (χ0v) is 32.9. The zero-order valence-electron chi connectivity index (χ0n) is 30.4. The molecule has 5 aromatic rings. The van der Waals surface area contributed by atoms with Crippen molar-refractivity contribution in [3.63, 3.8) is 0 Å². The van der Waals surface area contributed by atoms with Crippen molar-refractivity contribution < 1.29 is 4.57 Å². The van der Waals surface area contributed by atoms with Gasteiger partial charge in [0.05, 0.1) is 0 Å². The van der Waals surface area contributed by atoms with Gasteiger partial charge in [0, 0.05) is 33.2 Å². The Morgan fingerprint density at radius 1 is 0.531 bits per heavy atom. The van der Waals surface area contributed by atoms with Crippen molar-refractivity contribution in [2.24, 2.45) is 0 Å². The van der Waals surface area contributed by atoms with E-state index in [0.717, 1.165) is 31.9 Å². The smallest absolute Gasteiger partial charge is 0.197 e. The van der Waals surface area contributed by atoms with Gasteiger partial charge in [-0.1, -0.05) is 118 Å². The largest absolute Gasteiger partial charge is 0.310 e. The lowest BCUT2D eigenvalue weighted by Crippen LogP contribution is -2.19. The molecule has 5 aromatic carbocycles. The van der Waals surface area contributed by atoms with Crippen LogP contribution in [0.25, 0.3) is 22.3 Å². The Kier molecular flexibility index (Phi) is 7.95. The molecule has 0 spiro atoms. The molecule has 0 saturated carbocycles. The van der Waals surface area contributed by atoms with Crippen molar-refractivity contribution in [2.45, 2.75) is 90.9 Å². The Morgan fingerprint density at radius 2 is 0.878 bits per heavy atom. The van der Waals surface area contributed by atoms with Gasteiger partial charge in [0.15, 0.2) is 6.58 Å². The normalized spacial score (nSPS) is 15.6. The van der Waals surface area contributed by atoms with Crippen LogP contribution in [-0.4, -0.2) is 0 Å². The van der Waals surface area contributed by atoms with Crippen molar-refractivity contribution in [2.75, 3.05) is 4.90 Å². The van der Waals surface area contributed by atoms with Crippen LogP contribution in [0.5, 0.6) is 0 Å². The average Bonchev–Trinajstić information content (AvgIpc) is 3.42. The lowest BCUT2D eigenvalue weighted by molar-refractivity contribution is 0.584. The highest BCUT2D eigenvalue weighted by molar-refractivity contribution is 8.34. The molecule has 250 valence electrons. The SMILES string of the molecule is CC(C)(C)c1ccc2c(c1)C(C)(C)c1cc(N(c3ccc(P(=O)=S=S)cc3)c3ccc4c(c3)C(C)(C)c3cc(C(C)(C)C)ccc3-4)ccc1-2. The quantitative estimate of drug-likeness (QED) is 0.174. The highest BCUT2D eigenvalue weighted by Crippen LogP contribution is 2.54. The first-order valence-corrected chi connectivity index (χ1v) is 20.8. The summed E-state index contributed by atoms with van der Waals surface area (Å²) < 4.78 is 12.6. The first-order valence-electron chi connectivity index (χ1n) is 17.2. The third kappa shape index (κ3) is 5.52. The second-order valence-electron chi connectivity index (χ2n) is 16.9. The second kappa shape index (κ2) is 11.5. The van der Waals surface area contributed by atoms with Crippen molar-refractivity contribution >= 4 is 49.6 Å². The van der Waals surface area contributed by atoms with Gasteiger partial charge in [-0.25, -0.2) is 0 Å². The number of hydrogen-bond acceptors (Lipinski definition) is 3. The molecule has 1 atom stereocenters. The highest BCUT2D eigenvalue weighted by atomic mass is 32.9. The summed E-state index contributed by atoms with van der Waals surface area (Å²) in [6.07, 6.45) is 0. The van der Waals surface area contributed by atoms with Gasteiger partial charge in [0.1, 0.15) is 0 Å². The minimum Gasteiger partial charge on any atom is -0.310 e. The van der Waals surface area contributed by atoms with Gasteiger partial charge in [0.25, 0.3) is 0 Å². The summed E-state index contributed by atoms with van der Waals surface area (Å²) in [5, 5.41) is 0.763. The standard InChI is InChI=1S/C44H46NOPS2/c1-41(2,3)27-11-19-33-35-21-15-30(25-39(35)43(7,8)37(33)23-27)45(29-13-17-32(18-14-29)47(46)49-48)31-16-22-36-34-20-12-28(42(4,5)6)24-38(34)44(9,10)40(36)26-31/h11-26H,1-10H3. The van der Waals surface area contributed by atoms with Gasteiger partial charge < -0.3 is 4.90 Å². The molecular formula is C44H46NOPS2. The predicted molar refractivity (Wildman–Crippen MR) is 216 cm³/mol. The van der Waals surface area contributed by atoms with Crippen LogP contribution in [0.4, 0.5) is 17.1 Å². The number of anilines is 3. The number of hydrogen-bond donors (Lipinski definition) is 0. The highest BCUT2D eigenvalue weighted by Gasteiger charge is 2.39. The summed E-state index contributed by atoms with van der Waals surface area (Å²) in [5.41, 5.74) is 16.5. The molecule has 0 heterocycles. The van der Waals surface area contributed by atoms with Crippen molar-refractivity contribution in [3.05, 3.63) is 130 Å². The van der Waals surface area contributed by atoms with Gasteiger partial charge in [-0.15, -0.1) is 0 Å². The maximum atomic E-state index is 12.6. The van der Waals surface area contributed by atoms with E-state index < -0.39 is 6.58 Å². The topological polar surface area (TPSA) is 20.3 Å².